The quantitative estimate of drug-likeness (QED) is 0.657. The third kappa shape index (κ3) is 2.69. The SMILES string of the molecule is Cc1ccc2oc(/C=C/c3ccc(Cl)cc3)nc2c1. The second-order valence-corrected chi connectivity index (χ2v) is 4.84. The number of aromatic nitrogens is 1. The Balaban J connectivity index is 1.90. The predicted molar refractivity (Wildman–Crippen MR) is 79.1 cm³/mol. The molecule has 1 aromatic heterocycles. The van der Waals surface area contributed by atoms with Gasteiger partial charge in [0.25, 0.3) is 0 Å². The van der Waals surface area contributed by atoms with Crippen molar-refractivity contribution in [2.45, 2.75) is 6.92 Å². The molecule has 3 aromatic rings. The minimum absolute atomic E-state index is 0.607. The van der Waals surface area contributed by atoms with Gasteiger partial charge in [0.2, 0.25) is 5.89 Å². The maximum absolute atomic E-state index is 5.84. The summed E-state index contributed by atoms with van der Waals surface area (Å²) in [4.78, 5) is 4.43. The standard InChI is InChI=1S/C16H12ClNO/c1-11-2-8-15-14(10-11)18-16(19-15)9-5-12-3-6-13(17)7-4-12/h2-10H,1H3/b9-5+. The molecule has 0 saturated carbocycles. The molecule has 3 rings (SSSR count). The van der Waals surface area contributed by atoms with Crippen LogP contribution in [0.15, 0.2) is 46.9 Å². The molecule has 2 nitrogen and oxygen atoms in total. The molecule has 2 aromatic carbocycles. The number of halogens is 1. The van der Waals surface area contributed by atoms with E-state index in [2.05, 4.69) is 4.98 Å². The van der Waals surface area contributed by atoms with Gasteiger partial charge in [0.1, 0.15) is 5.52 Å². The van der Waals surface area contributed by atoms with Crippen LogP contribution in [0, 0.1) is 6.92 Å². The van der Waals surface area contributed by atoms with Gasteiger partial charge in [-0.05, 0) is 48.4 Å². The van der Waals surface area contributed by atoms with E-state index in [1.165, 1.54) is 5.56 Å². The average molecular weight is 270 g/mol. The van der Waals surface area contributed by atoms with Crippen molar-refractivity contribution < 1.29 is 4.42 Å². The summed E-state index contributed by atoms with van der Waals surface area (Å²) in [6, 6.07) is 13.6. The highest BCUT2D eigenvalue weighted by Gasteiger charge is 2.02. The minimum Gasteiger partial charge on any atom is -0.437 e. The third-order valence-electron chi connectivity index (χ3n) is 2.85. The van der Waals surface area contributed by atoms with Crippen LogP contribution >= 0.6 is 11.6 Å². The number of benzene rings is 2. The summed E-state index contributed by atoms with van der Waals surface area (Å²) < 4.78 is 5.64. The molecule has 19 heavy (non-hydrogen) atoms. The van der Waals surface area contributed by atoms with Gasteiger partial charge in [-0.15, -0.1) is 0 Å². The van der Waals surface area contributed by atoms with Crippen molar-refractivity contribution in [3.8, 4) is 0 Å². The molecule has 0 atom stereocenters. The molecule has 0 radical (unpaired) electrons. The van der Waals surface area contributed by atoms with Crippen molar-refractivity contribution in [2.75, 3.05) is 0 Å². The van der Waals surface area contributed by atoms with E-state index in [1.54, 1.807) is 0 Å². The second-order valence-electron chi connectivity index (χ2n) is 4.41. The fourth-order valence-electron chi connectivity index (χ4n) is 1.87. The summed E-state index contributed by atoms with van der Waals surface area (Å²) in [6.07, 6.45) is 3.81. The van der Waals surface area contributed by atoms with Crippen LogP contribution in [0.2, 0.25) is 5.02 Å². The lowest BCUT2D eigenvalue weighted by molar-refractivity contribution is 0.589. The molecule has 1 heterocycles. The highest BCUT2D eigenvalue weighted by molar-refractivity contribution is 6.30. The molecule has 0 saturated heterocycles. The Labute approximate surface area is 116 Å². The lowest BCUT2D eigenvalue weighted by Gasteiger charge is -1.92. The van der Waals surface area contributed by atoms with Gasteiger partial charge in [-0.2, -0.15) is 0 Å². The van der Waals surface area contributed by atoms with Crippen LogP contribution in [0.5, 0.6) is 0 Å². The van der Waals surface area contributed by atoms with E-state index in [0.717, 1.165) is 21.7 Å². The largest absolute Gasteiger partial charge is 0.437 e. The van der Waals surface area contributed by atoms with Gasteiger partial charge in [-0.3, -0.25) is 0 Å². The van der Waals surface area contributed by atoms with Crippen LogP contribution in [-0.2, 0) is 0 Å². The summed E-state index contributed by atoms with van der Waals surface area (Å²) in [5.41, 5.74) is 3.92. The van der Waals surface area contributed by atoms with Crippen LogP contribution in [0.25, 0.3) is 23.3 Å². The first-order chi connectivity index (χ1) is 9.20. The predicted octanol–water partition coefficient (Wildman–Crippen LogP) is 4.96. The number of hydrogen-bond donors (Lipinski definition) is 0. The monoisotopic (exact) mass is 269 g/mol. The van der Waals surface area contributed by atoms with Gasteiger partial charge in [0.15, 0.2) is 5.58 Å². The number of oxazole rings is 1. The molecular weight excluding hydrogens is 258 g/mol. The molecule has 0 aliphatic heterocycles. The molecule has 0 N–H and O–H groups in total. The normalized spacial score (nSPS) is 11.5. The smallest absolute Gasteiger partial charge is 0.220 e. The Morgan fingerprint density at radius 2 is 1.84 bits per heavy atom. The molecular formula is C16H12ClNO. The molecule has 0 amide bonds. The van der Waals surface area contributed by atoms with Crippen molar-refractivity contribution in [1.29, 1.82) is 0 Å². The van der Waals surface area contributed by atoms with E-state index in [9.17, 15) is 0 Å². The number of rotatable bonds is 2. The van der Waals surface area contributed by atoms with Gasteiger partial charge in [0, 0.05) is 11.1 Å². The van der Waals surface area contributed by atoms with E-state index in [1.807, 2.05) is 61.5 Å². The van der Waals surface area contributed by atoms with Crippen LogP contribution in [0.3, 0.4) is 0 Å². The Morgan fingerprint density at radius 1 is 1.05 bits per heavy atom. The molecule has 0 fully saturated rings. The third-order valence-corrected chi connectivity index (χ3v) is 3.10. The van der Waals surface area contributed by atoms with Gasteiger partial charge in [-0.1, -0.05) is 29.8 Å². The highest BCUT2D eigenvalue weighted by Crippen LogP contribution is 2.18. The summed E-state index contributed by atoms with van der Waals surface area (Å²) >= 11 is 5.84. The number of hydrogen-bond acceptors (Lipinski definition) is 2. The van der Waals surface area contributed by atoms with Crippen molar-refractivity contribution >= 4 is 34.9 Å². The van der Waals surface area contributed by atoms with E-state index in [-0.39, 0.29) is 0 Å². The molecule has 0 bridgehead atoms. The topological polar surface area (TPSA) is 26.0 Å². The molecule has 0 aliphatic carbocycles. The lowest BCUT2D eigenvalue weighted by Crippen LogP contribution is -1.73. The van der Waals surface area contributed by atoms with Crippen LogP contribution in [-0.4, -0.2) is 4.98 Å². The molecule has 0 spiro atoms. The Bertz CT molecular complexity index is 741. The number of aryl methyl sites for hydroxylation is 1. The maximum atomic E-state index is 5.84. The second kappa shape index (κ2) is 4.90. The summed E-state index contributed by atoms with van der Waals surface area (Å²) in [7, 11) is 0. The first-order valence-corrected chi connectivity index (χ1v) is 6.39. The van der Waals surface area contributed by atoms with E-state index < -0.39 is 0 Å². The molecule has 0 aliphatic rings. The number of nitrogens with zero attached hydrogens (tertiary/aromatic N) is 1. The highest BCUT2D eigenvalue weighted by atomic mass is 35.5. The fourth-order valence-corrected chi connectivity index (χ4v) is 1.99. The lowest BCUT2D eigenvalue weighted by atomic mass is 10.2. The first kappa shape index (κ1) is 12.0. The van der Waals surface area contributed by atoms with Crippen LogP contribution < -0.4 is 0 Å². The Hall–Kier alpha value is -2.06. The van der Waals surface area contributed by atoms with E-state index in [0.29, 0.717) is 5.89 Å². The maximum Gasteiger partial charge on any atom is 0.220 e. The zero-order valence-corrected chi connectivity index (χ0v) is 11.2. The van der Waals surface area contributed by atoms with Crippen molar-refractivity contribution in [3.63, 3.8) is 0 Å². The molecule has 0 unspecified atom stereocenters. The fraction of sp³-hybridized carbons (Fsp3) is 0.0625. The number of fused-ring (bicyclic) bond motifs is 1. The molecule has 94 valence electrons. The summed E-state index contributed by atoms with van der Waals surface area (Å²) in [5, 5.41) is 0.731. The summed E-state index contributed by atoms with van der Waals surface area (Å²) in [5.74, 6) is 0.607. The van der Waals surface area contributed by atoms with E-state index in [4.69, 9.17) is 16.0 Å². The minimum atomic E-state index is 0.607. The molecule has 3 heteroatoms. The van der Waals surface area contributed by atoms with Crippen molar-refractivity contribution in [1.82, 2.24) is 4.98 Å². The van der Waals surface area contributed by atoms with E-state index >= 15 is 0 Å². The van der Waals surface area contributed by atoms with Crippen molar-refractivity contribution in [3.05, 3.63) is 64.5 Å². The summed E-state index contributed by atoms with van der Waals surface area (Å²) in [6.45, 7) is 2.04. The van der Waals surface area contributed by atoms with Crippen LogP contribution in [0.1, 0.15) is 17.0 Å². The zero-order chi connectivity index (χ0) is 13.2. The Kier molecular flexibility index (Phi) is 3.10. The Morgan fingerprint density at radius 3 is 2.63 bits per heavy atom. The van der Waals surface area contributed by atoms with Gasteiger partial charge < -0.3 is 4.42 Å². The van der Waals surface area contributed by atoms with Gasteiger partial charge in [0.05, 0.1) is 0 Å². The first-order valence-electron chi connectivity index (χ1n) is 6.01. The van der Waals surface area contributed by atoms with Crippen molar-refractivity contribution in [2.24, 2.45) is 0 Å². The average Bonchev–Trinajstić information content (AvgIpc) is 2.80. The van der Waals surface area contributed by atoms with Gasteiger partial charge >= 0.3 is 0 Å². The zero-order valence-electron chi connectivity index (χ0n) is 10.4. The van der Waals surface area contributed by atoms with Gasteiger partial charge in [-0.25, -0.2) is 4.98 Å². The van der Waals surface area contributed by atoms with Crippen LogP contribution in [0.4, 0.5) is 0 Å².